The fourth-order valence-corrected chi connectivity index (χ4v) is 1.42. The van der Waals surface area contributed by atoms with Crippen LogP contribution in [0.4, 0.5) is 0 Å². The number of hydrogen-bond donors (Lipinski definition) is 1. The molecule has 0 spiro atoms. The lowest BCUT2D eigenvalue weighted by molar-refractivity contribution is 0.0580. The molecular formula is C12H27NO. The SMILES string of the molecule is CCCCCCCOC(C)CCNC. The van der Waals surface area contributed by atoms with E-state index in [2.05, 4.69) is 19.2 Å². The second kappa shape index (κ2) is 11.0. The summed E-state index contributed by atoms with van der Waals surface area (Å²) in [5.41, 5.74) is 0. The highest BCUT2D eigenvalue weighted by Crippen LogP contribution is 2.04. The summed E-state index contributed by atoms with van der Waals surface area (Å²) < 4.78 is 5.68. The molecule has 0 aromatic rings. The Morgan fingerprint density at radius 3 is 2.50 bits per heavy atom. The van der Waals surface area contributed by atoms with Crippen LogP contribution in [-0.2, 0) is 4.74 Å². The molecule has 0 aliphatic heterocycles. The summed E-state index contributed by atoms with van der Waals surface area (Å²) in [7, 11) is 1.98. The van der Waals surface area contributed by atoms with Gasteiger partial charge in [0, 0.05) is 6.61 Å². The van der Waals surface area contributed by atoms with Crippen LogP contribution in [0, 0.1) is 0 Å². The van der Waals surface area contributed by atoms with Gasteiger partial charge < -0.3 is 10.1 Å². The Morgan fingerprint density at radius 2 is 1.86 bits per heavy atom. The molecule has 0 saturated carbocycles. The first-order chi connectivity index (χ1) is 6.81. The van der Waals surface area contributed by atoms with Crippen LogP contribution >= 0.6 is 0 Å². The van der Waals surface area contributed by atoms with Gasteiger partial charge in [0.2, 0.25) is 0 Å². The summed E-state index contributed by atoms with van der Waals surface area (Å²) >= 11 is 0. The van der Waals surface area contributed by atoms with Gasteiger partial charge in [-0.25, -0.2) is 0 Å². The van der Waals surface area contributed by atoms with E-state index in [1.807, 2.05) is 7.05 Å². The minimum absolute atomic E-state index is 0.411. The maximum absolute atomic E-state index is 5.68. The number of rotatable bonds is 10. The highest BCUT2D eigenvalue weighted by atomic mass is 16.5. The van der Waals surface area contributed by atoms with E-state index in [1.165, 1.54) is 32.1 Å². The molecule has 0 amide bonds. The van der Waals surface area contributed by atoms with Crippen LogP contribution in [0.1, 0.15) is 52.4 Å². The molecule has 14 heavy (non-hydrogen) atoms. The van der Waals surface area contributed by atoms with E-state index in [1.54, 1.807) is 0 Å². The maximum atomic E-state index is 5.68. The van der Waals surface area contributed by atoms with E-state index < -0.39 is 0 Å². The molecule has 0 aromatic carbocycles. The minimum atomic E-state index is 0.411. The second-order valence-corrected chi connectivity index (χ2v) is 3.99. The van der Waals surface area contributed by atoms with Crippen LogP contribution in [0.25, 0.3) is 0 Å². The fourth-order valence-electron chi connectivity index (χ4n) is 1.42. The van der Waals surface area contributed by atoms with Gasteiger partial charge in [-0.1, -0.05) is 32.6 Å². The third-order valence-electron chi connectivity index (χ3n) is 2.45. The first kappa shape index (κ1) is 13.9. The molecule has 0 radical (unpaired) electrons. The Kier molecular flexibility index (Phi) is 10.9. The molecule has 0 aromatic heterocycles. The topological polar surface area (TPSA) is 21.3 Å². The van der Waals surface area contributed by atoms with E-state index >= 15 is 0 Å². The van der Waals surface area contributed by atoms with E-state index in [0.29, 0.717) is 6.10 Å². The molecule has 0 bridgehead atoms. The molecule has 0 saturated heterocycles. The van der Waals surface area contributed by atoms with Crippen molar-refractivity contribution < 1.29 is 4.74 Å². The zero-order valence-corrected chi connectivity index (χ0v) is 10.1. The summed E-state index contributed by atoms with van der Waals surface area (Å²) in [6.07, 6.45) is 8.13. The van der Waals surface area contributed by atoms with Crippen LogP contribution in [-0.4, -0.2) is 26.3 Å². The zero-order valence-electron chi connectivity index (χ0n) is 10.1. The molecule has 1 unspecified atom stereocenters. The van der Waals surface area contributed by atoms with E-state index in [4.69, 9.17) is 4.74 Å². The summed E-state index contributed by atoms with van der Waals surface area (Å²) in [4.78, 5) is 0. The number of hydrogen-bond acceptors (Lipinski definition) is 2. The molecular weight excluding hydrogens is 174 g/mol. The quantitative estimate of drug-likeness (QED) is 0.549. The Balaban J connectivity index is 3.02. The van der Waals surface area contributed by atoms with Gasteiger partial charge in [0.15, 0.2) is 0 Å². The van der Waals surface area contributed by atoms with Crippen LogP contribution in [0.5, 0.6) is 0 Å². The Labute approximate surface area is 89.4 Å². The normalized spacial score (nSPS) is 13.1. The lowest BCUT2D eigenvalue weighted by Crippen LogP contribution is -2.17. The monoisotopic (exact) mass is 201 g/mol. The first-order valence-electron chi connectivity index (χ1n) is 6.07. The molecule has 0 fully saturated rings. The van der Waals surface area contributed by atoms with Crippen LogP contribution < -0.4 is 5.32 Å². The third kappa shape index (κ3) is 10.0. The zero-order chi connectivity index (χ0) is 10.6. The molecule has 0 heterocycles. The Morgan fingerprint density at radius 1 is 1.14 bits per heavy atom. The Bertz CT molecular complexity index is 106. The van der Waals surface area contributed by atoms with Crippen molar-refractivity contribution in [1.82, 2.24) is 5.32 Å². The number of unbranched alkanes of at least 4 members (excludes halogenated alkanes) is 4. The van der Waals surface area contributed by atoms with E-state index in [9.17, 15) is 0 Å². The molecule has 2 heteroatoms. The molecule has 1 N–H and O–H groups in total. The molecule has 86 valence electrons. The molecule has 1 atom stereocenters. The summed E-state index contributed by atoms with van der Waals surface area (Å²) in [6.45, 7) is 6.39. The van der Waals surface area contributed by atoms with Crippen molar-refractivity contribution in [1.29, 1.82) is 0 Å². The average molecular weight is 201 g/mol. The van der Waals surface area contributed by atoms with Crippen molar-refractivity contribution in [3.05, 3.63) is 0 Å². The van der Waals surface area contributed by atoms with Gasteiger partial charge in [-0.3, -0.25) is 0 Å². The molecule has 0 aliphatic rings. The molecule has 0 aliphatic carbocycles. The van der Waals surface area contributed by atoms with Crippen LogP contribution in [0.2, 0.25) is 0 Å². The second-order valence-electron chi connectivity index (χ2n) is 3.99. The van der Waals surface area contributed by atoms with Crippen molar-refractivity contribution in [3.8, 4) is 0 Å². The molecule has 2 nitrogen and oxygen atoms in total. The average Bonchev–Trinajstić information content (AvgIpc) is 2.20. The van der Waals surface area contributed by atoms with Crippen molar-refractivity contribution in [3.63, 3.8) is 0 Å². The van der Waals surface area contributed by atoms with Gasteiger partial charge in [-0.05, 0) is 33.4 Å². The summed E-state index contributed by atoms with van der Waals surface area (Å²) in [5, 5.41) is 3.14. The van der Waals surface area contributed by atoms with E-state index in [-0.39, 0.29) is 0 Å². The number of nitrogens with one attached hydrogen (secondary N) is 1. The third-order valence-corrected chi connectivity index (χ3v) is 2.45. The molecule has 0 rings (SSSR count). The smallest absolute Gasteiger partial charge is 0.0559 e. The van der Waals surface area contributed by atoms with Crippen molar-refractivity contribution in [2.24, 2.45) is 0 Å². The van der Waals surface area contributed by atoms with Gasteiger partial charge in [0.05, 0.1) is 6.10 Å². The van der Waals surface area contributed by atoms with Gasteiger partial charge >= 0.3 is 0 Å². The van der Waals surface area contributed by atoms with Crippen molar-refractivity contribution in [2.75, 3.05) is 20.2 Å². The van der Waals surface area contributed by atoms with Crippen LogP contribution in [0.3, 0.4) is 0 Å². The first-order valence-corrected chi connectivity index (χ1v) is 6.07. The Hall–Kier alpha value is -0.0800. The highest BCUT2D eigenvalue weighted by Gasteiger charge is 2.00. The van der Waals surface area contributed by atoms with Gasteiger partial charge in [0.25, 0.3) is 0 Å². The van der Waals surface area contributed by atoms with Gasteiger partial charge in [-0.2, -0.15) is 0 Å². The van der Waals surface area contributed by atoms with Crippen LogP contribution in [0.15, 0.2) is 0 Å². The highest BCUT2D eigenvalue weighted by molar-refractivity contribution is 4.52. The largest absolute Gasteiger partial charge is 0.378 e. The van der Waals surface area contributed by atoms with Gasteiger partial charge in [-0.15, -0.1) is 0 Å². The number of ether oxygens (including phenoxy) is 1. The standard InChI is InChI=1S/C12H27NO/c1-4-5-6-7-8-11-14-12(2)9-10-13-3/h12-13H,4-11H2,1-3H3. The predicted octanol–water partition coefficient (Wildman–Crippen LogP) is 2.97. The van der Waals surface area contributed by atoms with E-state index in [0.717, 1.165) is 19.6 Å². The summed E-state index contributed by atoms with van der Waals surface area (Å²) in [5.74, 6) is 0. The fraction of sp³-hybridized carbons (Fsp3) is 1.00. The minimum Gasteiger partial charge on any atom is -0.378 e. The van der Waals surface area contributed by atoms with Crippen molar-refractivity contribution >= 4 is 0 Å². The maximum Gasteiger partial charge on any atom is 0.0559 e. The summed E-state index contributed by atoms with van der Waals surface area (Å²) in [6, 6.07) is 0. The van der Waals surface area contributed by atoms with Crippen molar-refractivity contribution in [2.45, 2.75) is 58.5 Å². The lowest BCUT2D eigenvalue weighted by Gasteiger charge is -2.12. The lowest BCUT2D eigenvalue weighted by atomic mass is 10.2. The predicted molar refractivity (Wildman–Crippen MR) is 62.7 cm³/mol. The van der Waals surface area contributed by atoms with Gasteiger partial charge in [0.1, 0.15) is 0 Å².